The van der Waals surface area contributed by atoms with Crippen molar-refractivity contribution in [1.29, 1.82) is 0 Å². The van der Waals surface area contributed by atoms with E-state index >= 15 is 0 Å². The Bertz CT molecular complexity index is 679. The van der Waals surface area contributed by atoms with Crippen LogP contribution < -0.4 is 10.2 Å². The third-order valence-corrected chi connectivity index (χ3v) is 4.86. The second-order valence-electron chi connectivity index (χ2n) is 7.07. The van der Waals surface area contributed by atoms with Gasteiger partial charge in [0.25, 0.3) is 0 Å². The average molecular weight is 368 g/mol. The van der Waals surface area contributed by atoms with Crippen molar-refractivity contribution in [2.75, 3.05) is 29.9 Å². The Morgan fingerprint density at radius 3 is 2.15 bits per heavy atom. The van der Waals surface area contributed by atoms with E-state index in [0.717, 1.165) is 31.9 Å². The second-order valence-corrected chi connectivity index (χ2v) is 7.07. The maximum absolute atomic E-state index is 12.4. The lowest BCUT2D eigenvalue weighted by molar-refractivity contribution is -0.116. The second kappa shape index (κ2) is 10.7. The number of nitrogens with one attached hydrogen (secondary N) is 1. The van der Waals surface area contributed by atoms with E-state index in [1.807, 2.05) is 18.2 Å². The predicted molar refractivity (Wildman–Crippen MR) is 115 cm³/mol. The first-order chi connectivity index (χ1) is 13.0. The Morgan fingerprint density at radius 1 is 0.963 bits per heavy atom. The summed E-state index contributed by atoms with van der Waals surface area (Å²) in [7, 11) is 0. The molecule has 0 saturated carbocycles. The molecule has 4 heteroatoms. The van der Waals surface area contributed by atoms with Crippen molar-refractivity contribution in [3.8, 4) is 0 Å². The molecule has 27 heavy (non-hydrogen) atoms. The zero-order valence-corrected chi connectivity index (χ0v) is 17.1. The molecule has 4 nitrogen and oxygen atoms in total. The Labute approximate surface area is 164 Å². The van der Waals surface area contributed by atoms with Gasteiger partial charge in [-0.15, -0.1) is 0 Å². The summed E-state index contributed by atoms with van der Waals surface area (Å²) in [5, 5.41) is 3.02. The van der Waals surface area contributed by atoms with Crippen molar-refractivity contribution in [2.24, 2.45) is 0 Å². The summed E-state index contributed by atoms with van der Waals surface area (Å²) in [5.41, 5.74) is 3.32. The lowest BCUT2D eigenvalue weighted by Gasteiger charge is -2.26. The summed E-state index contributed by atoms with van der Waals surface area (Å²) in [6.07, 6.45) is 0.489. The Balaban J connectivity index is 1.86. The lowest BCUT2D eigenvalue weighted by atomic mass is 10.2. The number of rotatable bonds is 10. The van der Waals surface area contributed by atoms with E-state index in [2.05, 4.69) is 79.2 Å². The number of nitrogens with zero attached hydrogens (tertiary/aromatic N) is 2. The molecule has 0 aliphatic rings. The van der Waals surface area contributed by atoms with Crippen molar-refractivity contribution < 1.29 is 4.79 Å². The highest BCUT2D eigenvalue weighted by Crippen LogP contribution is 2.18. The number of anilines is 2. The van der Waals surface area contributed by atoms with Gasteiger partial charge in [0.2, 0.25) is 5.91 Å². The van der Waals surface area contributed by atoms with Crippen LogP contribution in [0.2, 0.25) is 0 Å². The monoisotopic (exact) mass is 367 g/mol. The van der Waals surface area contributed by atoms with E-state index < -0.39 is 0 Å². The van der Waals surface area contributed by atoms with Crippen LogP contribution in [0.5, 0.6) is 0 Å². The van der Waals surface area contributed by atoms with Crippen LogP contribution in [0.4, 0.5) is 11.4 Å². The SMILES string of the molecule is CCN(CC)c1ccc(NC(=O)CCN(Cc2ccccc2)C(C)C)cc1. The average Bonchev–Trinajstić information content (AvgIpc) is 2.68. The van der Waals surface area contributed by atoms with Gasteiger partial charge in [0, 0.05) is 50.0 Å². The molecular weight excluding hydrogens is 334 g/mol. The van der Waals surface area contributed by atoms with E-state index in [-0.39, 0.29) is 5.91 Å². The third kappa shape index (κ3) is 6.72. The fourth-order valence-electron chi connectivity index (χ4n) is 3.15. The highest BCUT2D eigenvalue weighted by Gasteiger charge is 2.12. The van der Waals surface area contributed by atoms with Gasteiger partial charge in [0.1, 0.15) is 0 Å². The van der Waals surface area contributed by atoms with E-state index in [0.29, 0.717) is 12.5 Å². The molecule has 0 bridgehead atoms. The number of hydrogen-bond donors (Lipinski definition) is 1. The molecule has 0 spiro atoms. The minimum absolute atomic E-state index is 0.0595. The van der Waals surface area contributed by atoms with Crippen LogP contribution in [0.1, 0.15) is 39.7 Å². The smallest absolute Gasteiger partial charge is 0.225 e. The summed E-state index contributed by atoms with van der Waals surface area (Å²) in [4.78, 5) is 17.0. The molecule has 0 atom stereocenters. The van der Waals surface area contributed by atoms with Crippen molar-refractivity contribution in [3.63, 3.8) is 0 Å². The first kappa shape index (κ1) is 21.0. The highest BCUT2D eigenvalue weighted by atomic mass is 16.1. The first-order valence-corrected chi connectivity index (χ1v) is 9.96. The number of hydrogen-bond acceptors (Lipinski definition) is 3. The van der Waals surface area contributed by atoms with Gasteiger partial charge in [-0.3, -0.25) is 9.69 Å². The molecule has 2 aromatic carbocycles. The molecular formula is C23H33N3O. The molecule has 0 aliphatic heterocycles. The third-order valence-electron chi connectivity index (χ3n) is 4.86. The van der Waals surface area contributed by atoms with Gasteiger partial charge >= 0.3 is 0 Å². The molecule has 0 saturated heterocycles. The number of carbonyl (C=O) groups excluding carboxylic acids is 1. The summed E-state index contributed by atoms with van der Waals surface area (Å²) >= 11 is 0. The molecule has 0 heterocycles. The van der Waals surface area contributed by atoms with Gasteiger partial charge in [-0.2, -0.15) is 0 Å². The molecule has 0 fully saturated rings. The molecule has 2 aromatic rings. The minimum Gasteiger partial charge on any atom is -0.372 e. The summed E-state index contributed by atoms with van der Waals surface area (Å²) in [5.74, 6) is 0.0595. The molecule has 1 amide bonds. The van der Waals surface area contributed by atoms with E-state index in [9.17, 15) is 4.79 Å². The first-order valence-electron chi connectivity index (χ1n) is 9.96. The van der Waals surface area contributed by atoms with Crippen molar-refractivity contribution in [3.05, 3.63) is 60.2 Å². The lowest BCUT2D eigenvalue weighted by Crippen LogP contribution is -2.33. The maximum atomic E-state index is 12.4. The molecule has 0 aliphatic carbocycles. The zero-order valence-electron chi connectivity index (χ0n) is 17.1. The van der Waals surface area contributed by atoms with Crippen LogP contribution >= 0.6 is 0 Å². The molecule has 0 aromatic heterocycles. The van der Waals surface area contributed by atoms with Crippen LogP contribution in [0.15, 0.2) is 54.6 Å². The van der Waals surface area contributed by atoms with Gasteiger partial charge in [0.05, 0.1) is 0 Å². The van der Waals surface area contributed by atoms with Gasteiger partial charge in [-0.25, -0.2) is 0 Å². The molecule has 0 radical (unpaired) electrons. The van der Waals surface area contributed by atoms with Gasteiger partial charge in [0.15, 0.2) is 0 Å². The maximum Gasteiger partial charge on any atom is 0.225 e. The van der Waals surface area contributed by atoms with Crippen molar-refractivity contribution in [1.82, 2.24) is 4.90 Å². The number of amides is 1. The van der Waals surface area contributed by atoms with E-state index in [1.54, 1.807) is 0 Å². The molecule has 1 N–H and O–H groups in total. The molecule has 0 unspecified atom stereocenters. The van der Waals surface area contributed by atoms with Gasteiger partial charge < -0.3 is 10.2 Å². The van der Waals surface area contributed by atoms with Crippen molar-refractivity contribution >= 4 is 17.3 Å². The number of carbonyl (C=O) groups is 1. The summed E-state index contributed by atoms with van der Waals surface area (Å²) in [6, 6.07) is 18.9. The van der Waals surface area contributed by atoms with Crippen LogP contribution in [-0.4, -0.2) is 36.5 Å². The fraction of sp³-hybridized carbons (Fsp3) is 0.435. The zero-order chi connectivity index (χ0) is 19.6. The standard InChI is InChI=1S/C23H33N3O/c1-5-25(6-2)22-14-12-21(13-15-22)24-23(27)16-17-26(19(3)4)18-20-10-8-7-9-11-20/h7-15,19H,5-6,16-18H2,1-4H3,(H,24,27). The summed E-state index contributed by atoms with van der Waals surface area (Å²) in [6.45, 7) is 12.2. The van der Waals surface area contributed by atoms with Gasteiger partial charge in [-0.05, 0) is 57.5 Å². The van der Waals surface area contributed by atoms with Crippen LogP contribution in [-0.2, 0) is 11.3 Å². The Kier molecular flexibility index (Phi) is 8.34. The van der Waals surface area contributed by atoms with E-state index in [1.165, 1.54) is 11.3 Å². The van der Waals surface area contributed by atoms with Gasteiger partial charge in [-0.1, -0.05) is 30.3 Å². The predicted octanol–water partition coefficient (Wildman–Crippen LogP) is 4.77. The molecule has 2 rings (SSSR count). The fourth-order valence-corrected chi connectivity index (χ4v) is 3.15. The minimum atomic E-state index is 0.0595. The normalized spacial score (nSPS) is 11.0. The Morgan fingerprint density at radius 2 is 1.59 bits per heavy atom. The van der Waals surface area contributed by atoms with Crippen LogP contribution in [0, 0.1) is 0 Å². The molecule has 146 valence electrons. The van der Waals surface area contributed by atoms with Crippen LogP contribution in [0.25, 0.3) is 0 Å². The topological polar surface area (TPSA) is 35.6 Å². The highest BCUT2D eigenvalue weighted by molar-refractivity contribution is 5.91. The quantitative estimate of drug-likeness (QED) is 0.657. The largest absolute Gasteiger partial charge is 0.372 e. The Hall–Kier alpha value is -2.33. The van der Waals surface area contributed by atoms with E-state index in [4.69, 9.17) is 0 Å². The number of benzene rings is 2. The van der Waals surface area contributed by atoms with Crippen LogP contribution in [0.3, 0.4) is 0 Å². The summed E-state index contributed by atoms with van der Waals surface area (Å²) < 4.78 is 0. The van der Waals surface area contributed by atoms with Crippen molar-refractivity contribution in [2.45, 2.75) is 46.7 Å².